The maximum absolute atomic E-state index is 14.0. The van der Waals surface area contributed by atoms with Crippen molar-refractivity contribution >= 4 is 34.2 Å². The number of H-pyrrole nitrogens is 1. The van der Waals surface area contributed by atoms with Crippen LogP contribution in [0.3, 0.4) is 0 Å². The molecule has 3 N–H and O–H groups in total. The van der Waals surface area contributed by atoms with E-state index in [1.165, 1.54) is 22.8 Å². The number of aliphatic hydroxyl groups is 1. The minimum absolute atomic E-state index is 0.156. The van der Waals surface area contributed by atoms with E-state index in [0.29, 0.717) is 25.9 Å². The molecule has 1 aliphatic carbocycles. The maximum Gasteiger partial charge on any atom is 0.280 e. The molecule has 5 aliphatic rings. The van der Waals surface area contributed by atoms with Gasteiger partial charge in [-0.1, -0.05) is 38.5 Å². The van der Waals surface area contributed by atoms with E-state index >= 15 is 0 Å². The quantitative estimate of drug-likeness (QED) is 0.537. The highest BCUT2D eigenvalue weighted by Crippen LogP contribution is 2.47. The Morgan fingerprint density at radius 3 is 2.90 bits per heavy atom. The van der Waals surface area contributed by atoms with Crippen molar-refractivity contribution in [3.8, 4) is 0 Å². The minimum Gasteiger partial charge on any atom is -0.361 e. The van der Waals surface area contributed by atoms with Crippen LogP contribution in [0.1, 0.15) is 51.2 Å². The monoisotopic (exact) mass is 547 g/mol. The van der Waals surface area contributed by atoms with Gasteiger partial charge >= 0.3 is 0 Å². The molecule has 10 heteroatoms. The number of ether oxygens (including phenoxy) is 1. The molecule has 0 saturated carbocycles. The Labute approximate surface area is 233 Å². The number of benzene rings is 1. The Morgan fingerprint density at radius 2 is 2.12 bits per heavy atom. The van der Waals surface area contributed by atoms with Crippen molar-refractivity contribution in [2.24, 2.45) is 11.8 Å². The van der Waals surface area contributed by atoms with Gasteiger partial charge in [0.2, 0.25) is 17.5 Å². The molecule has 1 aromatic heterocycles. The van der Waals surface area contributed by atoms with Crippen molar-refractivity contribution in [2.45, 2.75) is 76.2 Å². The van der Waals surface area contributed by atoms with Crippen LogP contribution in [0.15, 0.2) is 30.5 Å². The third kappa shape index (κ3) is 3.36. The van der Waals surface area contributed by atoms with Crippen molar-refractivity contribution < 1.29 is 24.2 Å². The highest BCUT2D eigenvalue weighted by molar-refractivity contribution is 6.00. The number of likely N-dealkylation sites (N-methyl/N-ethyl adjacent to an activating group) is 1. The van der Waals surface area contributed by atoms with Crippen molar-refractivity contribution in [1.29, 1.82) is 0 Å². The predicted octanol–water partition coefficient (Wildman–Crippen LogP) is 1.79. The van der Waals surface area contributed by atoms with Crippen LogP contribution in [0, 0.1) is 11.8 Å². The first kappa shape index (κ1) is 25.7. The first-order valence-corrected chi connectivity index (χ1v) is 14.5. The van der Waals surface area contributed by atoms with Gasteiger partial charge in [0.05, 0.1) is 5.92 Å². The van der Waals surface area contributed by atoms with Crippen molar-refractivity contribution in [3.63, 3.8) is 0 Å². The van der Waals surface area contributed by atoms with Gasteiger partial charge in [-0.2, -0.15) is 0 Å². The molecule has 0 unspecified atom stereocenters. The highest BCUT2D eigenvalue weighted by Gasteiger charge is 2.70. The number of aromatic amines is 1. The molecule has 7 rings (SSSR count). The summed E-state index contributed by atoms with van der Waals surface area (Å²) in [6.07, 6.45) is 6.86. The normalized spacial score (nSPS) is 35.9. The van der Waals surface area contributed by atoms with E-state index in [1.54, 1.807) is 4.90 Å². The van der Waals surface area contributed by atoms with Gasteiger partial charge in [0.25, 0.3) is 11.8 Å². The lowest BCUT2D eigenvalue weighted by Crippen LogP contribution is -2.72. The second-order valence-corrected chi connectivity index (χ2v) is 12.4. The van der Waals surface area contributed by atoms with Gasteiger partial charge < -0.3 is 20.3 Å². The van der Waals surface area contributed by atoms with Crippen LogP contribution in [-0.2, 0) is 25.5 Å². The minimum atomic E-state index is -1.99. The van der Waals surface area contributed by atoms with E-state index in [2.05, 4.69) is 33.5 Å². The molecule has 10 nitrogen and oxygen atoms in total. The Balaban J connectivity index is 1.21. The van der Waals surface area contributed by atoms with Crippen LogP contribution in [0.25, 0.3) is 16.5 Å². The van der Waals surface area contributed by atoms with Crippen LogP contribution in [-0.4, -0.2) is 92.4 Å². The number of aromatic nitrogens is 1. The molecular formula is C30H37N5O5. The van der Waals surface area contributed by atoms with Gasteiger partial charge in [0.15, 0.2) is 0 Å². The highest BCUT2D eigenvalue weighted by atomic mass is 16.7. The number of nitrogens with one attached hydrogen (secondary N) is 2. The van der Waals surface area contributed by atoms with Crippen LogP contribution in [0.4, 0.5) is 0 Å². The number of hydrogen-bond acceptors (Lipinski definition) is 6. The number of amides is 3. The zero-order chi connectivity index (χ0) is 28.1. The smallest absolute Gasteiger partial charge is 0.280 e. The standard InChI is InChI=1S/C30H37N5O5/c1-5-16(2)25-27(37)34-11-7-10-23(34)30(39)35(25)28(38)29(3,40-30)32-26(36)18-12-20-19-8-6-9-21-24(19)17(14-31-21)13-22(20)33(4)15-18/h6,8-9,12,14,16,18,22-23,25,31,39H,5,7,10-11,13,15H2,1-4H3,(H,32,36)/t16-,18-,22-,23+,25+,29-,30+/m1/s1. The van der Waals surface area contributed by atoms with Crippen LogP contribution in [0.2, 0.25) is 0 Å². The molecule has 40 heavy (non-hydrogen) atoms. The zero-order valence-electron chi connectivity index (χ0n) is 23.4. The average molecular weight is 548 g/mol. The van der Waals surface area contributed by atoms with Crippen LogP contribution < -0.4 is 5.32 Å². The maximum atomic E-state index is 14.0. The third-order valence-electron chi connectivity index (χ3n) is 9.98. The molecule has 3 fully saturated rings. The molecule has 0 radical (unpaired) electrons. The SMILES string of the molecule is CC[C@@H](C)[C@H]1C(=O)N2CCC[C@H]2[C@]2(O)O[C@@](C)(NC(=O)[C@@H]3C=C4c5cccc6[nH]cc(c56)C[C@H]4N(C)C3)C(=O)N12. The molecule has 3 amide bonds. The Bertz CT molecular complexity index is 1470. The van der Waals surface area contributed by atoms with E-state index in [4.69, 9.17) is 4.74 Å². The number of hydrogen-bond donors (Lipinski definition) is 3. The van der Waals surface area contributed by atoms with Gasteiger partial charge in [0.1, 0.15) is 12.1 Å². The lowest BCUT2D eigenvalue weighted by Gasteiger charge is -2.50. The fourth-order valence-electron chi connectivity index (χ4n) is 7.77. The second-order valence-electron chi connectivity index (χ2n) is 12.4. The van der Waals surface area contributed by atoms with Crippen molar-refractivity contribution in [1.82, 2.24) is 25.0 Å². The summed E-state index contributed by atoms with van der Waals surface area (Å²) in [6.45, 7) is 6.36. The van der Waals surface area contributed by atoms with Gasteiger partial charge in [0, 0.05) is 36.2 Å². The Kier molecular flexibility index (Phi) is 5.56. The molecule has 0 spiro atoms. The largest absolute Gasteiger partial charge is 0.361 e. The lowest BCUT2D eigenvalue weighted by molar-refractivity contribution is -0.317. The molecule has 0 bridgehead atoms. The predicted molar refractivity (Wildman–Crippen MR) is 147 cm³/mol. The number of carbonyl (C=O) groups is 3. The third-order valence-corrected chi connectivity index (χ3v) is 9.98. The summed E-state index contributed by atoms with van der Waals surface area (Å²) >= 11 is 0. The summed E-state index contributed by atoms with van der Waals surface area (Å²) in [4.78, 5) is 49.8. The molecule has 3 saturated heterocycles. The molecule has 212 valence electrons. The van der Waals surface area contributed by atoms with E-state index in [9.17, 15) is 19.5 Å². The lowest BCUT2D eigenvalue weighted by atomic mass is 9.79. The summed E-state index contributed by atoms with van der Waals surface area (Å²) in [6, 6.07) is 4.83. The van der Waals surface area contributed by atoms with E-state index < -0.39 is 35.5 Å². The molecule has 4 aliphatic heterocycles. The number of nitrogens with zero attached hydrogens (tertiary/aromatic N) is 3. The van der Waals surface area contributed by atoms with E-state index in [-0.39, 0.29) is 23.8 Å². The Hall–Kier alpha value is -3.21. The molecule has 7 atom stereocenters. The zero-order valence-corrected chi connectivity index (χ0v) is 23.4. The van der Waals surface area contributed by atoms with Crippen molar-refractivity contribution in [2.75, 3.05) is 20.1 Å². The van der Waals surface area contributed by atoms with Gasteiger partial charge in [-0.15, -0.1) is 0 Å². The van der Waals surface area contributed by atoms with E-state index in [1.807, 2.05) is 33.0 Å². The molecular weight excluding hydrogens is 510 g/mol. The van der Waals surface area contributed by atoms with Crippen LogP contribution in [0.5, 0.6) is 0 Å². The summed E-state index contributed by atoms with van der Waals surface area (Å²) in [5.41, 5.74) is 2.78. The summed E-state index contributed by atoms with van der Waals surface area (Å²) in [5.74, 6) is -3.79. The number of rotatable bonds is 4. The molecule has 2 aromatic rings. The van der Waals surface area contributed by atoms with Gasteiger partial charge in [-0.05, 0) is 61.9 Å². The number of carbonyl (C=O) groups excluding carboxylic acids is 3. The fraction of sp³-hybridized carbons (Fsp3) is 0.567. The molecule has 1 aromatic carbocycles. The Morgan fingerprint density at radius 1 is 1.32 bits per heavy atom. The first-order chi connectivity index (χ1) is 19.1. The van der Waals surface area contributed by atoms with E-state index in [0.717, 1.165) is 29.5 Å². The van der Waals surface area contributed by atoms with Crippen LogP contribution >= 0.6 is 0 Å². The fourth-order valence-corrected chi connectivity index (χ4v) is 7.77. The van der Waals surface area contributed by atoms with Crippen molar-refractivity contribution in [3.05, 3.63) is 41.6 Å². The van der Waals surface area contributed by atoms with Gasteiger partial charge in [-0.3, -0.25) is 28.9 Å². The summed E-state index contributed by atoms with van der Waals surface area (Å²) in [5, 5.41) is 16.0. The number of fused-ring (bicyclic) bond motifs is 5. The average Bonchev–Trinajstić information content (AvgIpc) is 3.63. The molecule has 5 heterocycles. The summed E-state index contributed by atoms with van der Waals surface area (Å²) in [7, 11) is 2.02. The summed E-state index contributed by atoms with van der Waals surface area (Å²) < 4.78 is 6.19. The van der Waals surface area contributed by atoms with Gasteiger partial charge in [-0.25, -0.2) is 0 Å². The topological polar surface area (TPSA) is 118 Å². The second kappa shape index (κ2) is 8.64. The first-order valence-electron chi connectivity index (χ1n) is 14.5. The number of piperazine rings is 1.